The molecule has 0 heterocycles. The van der Waals surface area contributed by atoms with Crippen molar-refractivity contribution >= 4 is 0 Å². The minimum absolute atomic E-state index is 0.523. The van der Waals surface area contributed by atoms with Crippen molar-refractivity contribution < 1.29 is 0 Å². The van der Waals surface area contributed by atoms with Gasteiger partial charge in [-0.1, -0.05) is 96.9 Å². The van der Waals surface area contributed by atoms with Crippen LogP contribution in [0.2, 0.25) is 0 Å². The first kappa shape index (κ1) is 21.5. The van der Waals surface area contributed by atoms with E-state index in [1.54, 1.807) is 0 Å². The fraction of sp³-hybridized carbons (Fsp3) is 0.818. The zero-order valence-electron chi connectivity index (χ0n) is 16.0. The van der Waals surface area contributed by atoms with Crippen molar-refractivity contribution in [2.24, 2.45) is 5.41 Å². The lowest BCUT2D eigenvalue weighted by atomic mass is 9.89. The summed E-state index contributed by atoms with van der Waals surface area (Å²) in [4.78, 5) is 0. The monoisotopic (exact) mass is 306 g/mol. The van der Waals surface area contributed by atoms with Crippen LogP contribution >= 0.6 is 0 Å². The van der Waals surface area contributed by atoms with Crippen molar-refractivity contribution in [1.29, 1.82) is 0 Å². The first-order chi connectivity index (χ1) is 10.6. The second-order valence-electron chi connectivity index (χ2n) is 7.89. The van der Waals surface area contributed by atoms with Gasteiger partial charge in [-0.25, -0.2) is 0 Å². The van der Waals surface area contributed by atoms with Gasteiger partial charge in [-0.3, -0.25) is 0 Å². The van der Waals surface area contributed by atoms with Gasteiger partial charge in [-0.2, -0.15) is 0 Å². The van der Waals surface area contributed by atoms with Gasteiger partial charge in [0.2, 0.25) is 0 Å². The van der Waals surface area contributed by atoms with E-state index < -0.39 is 0 Å². The summed E-state index contributed by atoms with van der Waals surface area (Å²) in [5.74, 6) is 0. The SMILES string of the molecule is CCCCC/C=C/C/C=C\CCCCCCCCC(C)(C)C. The van der Waals surface area contributed by atoms with Crippen LogP contribution in [0.3, 0.4) is 0 Å². The lowest BCUT2D eigenvalue weighted by Crippen LogP contribution is -2.03. The Morgan fingerprint density at radius 2 is 1.09 bits per heavy atom. The zero-order chi connectivity index (χ0) is 16.5. The van der Waals surface area contributed by atoms with Crippen molar-refractivity contribution in [2.45, 2.75) is 111 Å². The Hall–Kier alpha value is -0.520. The zero-order valence-corrected chi connectivity index (χ0v) is 16.0. The predicted molar refractivity (Wildman–Crippen MR) is 103 cm³/mol. The molecule has 0 bridgehead atoms. The summed E-state index contributed by atoms with van der Waals surface area (Å²) < 4.78 is 0. The largest absolute Gasteiger partial charge is 0.0882 e. The molecule has 0 aliphatic heterocycles. The molecule has 0 saturated carbocycles. The highest BCUT2D eigenvalue weighted by Gasteiger charge is 2.08. The van der Waals surface area contributed by atoms with Gasteiger partial charge in [0.25, 0.3) is 0 Å². The molecule has 0 spiro atoms. The molecule has 0 aliphatic carbocycles. The molecule has 0 radical (unpaired) electrons. The van der Waals surface area contributed by atoms with Crippen molar-refractivity contribution in [3.05, 3.63) is 24.3 Å². The van der Waals surface area contributed by atoms with Gasteiger partial charge in [-0.15, -0.1) is 0 Å². The van der Waals surface area contributed by atoms with Crippen molar-refractivity contribution in [1.82, 2.24) is 0 Å². The Labute approximate surface area is 141 Å². The van der Waals surface area contributed by atoms with E-state index in [9.17, 15) is 0 Å². The number of rotatable bonds is 14. The highest BCUT2D eigenvalue weighted by atomic mass is 14.1. The third kappa shape index (κ3) is 19.5. The van der Waals surface area contributed by atoms with Gasteiger partial charge < -0.3 is 0 Å². The number of unbranched alkanes of at least 4 members (excludes halogenated alkanes) is 9. The van der Waals surface area contributed by atoms with Crippen LogP contribution in [0.5, 0.6) is 0 Å². The average Bonchev–Trinajstić information content (AvgIpc) is 2.45. The topological polar surface area (TPSA) is 0 Å². The molecule has 22 heavy (non-hydrogen) atoms. The summed E-state index contributed by atoms with van der Waals surface area (Å²) >= 11 is 0. The Bertz CT molecular complexity index is 264. The molecule has 0 rings (SSSR count). The van der Waals surface area contributed by atoms with Crippen LogP contribution in [-0.2, 0) is 0 Å². The van der Waals surface area contributed by atoms with E-state index in [1.807, 2.05) is 0 Å². The normalized spacial score (nSPS) is 12.7. The maximum atomic E-state index is 2.37. The van der Waals surface area contributed by atoms with E-state index in [1.165, 1.54) is 77.0 Å². The Balaban J connectivity index is 3.20. The van der Waals surface area contributed by atoms with Crippen molar-refractivity contribution in [3.8, 4) is 0 Å². The van der Waals surface area contributed by atoms with E-state index >= 15 is 0 Å². The molecule has 130 valence electrons. The van der Waals surface area contributed by atoms with Crippen LogP contribution in [-0.4, -0.2) is 0 Å². The standard InChI is InChI=1S/C22H42/c1-5-6-7-8-9-10-11-12-13-14-15-16-17-18-19-20-21-22(2,3)4/h9-10,12-13H,5-8,11,14-21H2,1-4H3/b10-9+,13-12-. The summed E-state index contributed by atoms with van der Waals surface area (Å²) in [5.41, 5.74) is 0.523. The lowest BCUT2D eigenvalue weighted by molar-refractivity contribution is 0.356. The molecular formula is C22H42. The van der Waals surface area contributed by atoms with Gasteiger partial charge in [0, 0.05) is 0 Å². The Morgan fingerprint density at radius 3 is 1.64 bits per heavy atom. The van der Waals surface area contributed by atoms with Crippen molar-refractivity contribution in [3.63, 3.8) is 0 Å². The van der Waals surface area contributed by atoms with Crippen LogP contribution in [0.4, 0.5) is 0 Å². The third-order valence-corrected chi connectivity index (χ3v) is 4.13. The molecule has 0 fully saturated rings. The second kappa shape index (κ2) is 15.4. The molecule has 0 atom stereocenters. The molecule has 0 aromatic rings. The molecule has 0 aliphatic rings. The first-order valence-electron chi connectivity index (χ1n) is 9.86. The van der Waals surface area contributed by atoms with Gasteiger partial charge in [0.05, 0.1) is 0 Å². The number of hydrogen-bond acceptors (Lipinski definition) is 0. The van der Waals surface area contributed by atoms with Crippen molar-refractivity contribution in [2.75, 3.05) is 0 Å². The fourth-order valence-electron chi connectivity index (χ4n) is 2.64. The lowest BCUT2D eigenvalue weighted by Gasteiger charge is -2.17. The third-order valence-electron chi connectivity index (χ3n) is 4.13. The highest BCUT2D eigenvalue weighted by molar-refractivity contribution is 4.92. The van der Waals surface area contributed by atoms with E-state index in [2.05, 4.69) is 52.0 Å². The highest BCUT2D eigenvalue weighted by Crippen LogP contribution is 2.22. The summed E-state index contributed by atoms with van der Waals surface area (Å²) in [6, 6.07) is 0. The summed E-state index contributed by atoms with van der Waals surface area (Å²) in [7, 11) is 0. The summed E-state index contributed by atoms with van der Waals surface area (Å²) in [6.07, 6.45) is 26.9. The van der Waals surface area contributed by atoms with Gasteiger partial charge in [0.15, 0.2) is 0 Å². The molecule has 0 aromatic carbocycles. The van der Waals surface area contributed by atoms with Crippen LogP contribution in [0.15, 0.2) is 24.3 Å². The van der Waals surface area contributed by atoms with Crippen LogP contribution in [0, 0.1) is 5.41 Å². The minimum atomic E-state index is 0.523. The van der Waals surface area contributed by atoms with Crippen LogP contribution in [0.25, 0.3) is 0 Å². The second-order valence-corrected chi connectivity index (χ2v) is 7.89. The molecule has 0 unspecified atom stereocenters. The Kier molecular flexibility index (Phi) is 15.0. The fourth-order valence-corrected chi connectivity index (χ4v) is 2.64. The quantitative estimate of drug-likeness (QED) is 0.224. The van der Waals surface area contributed by atoms with E-state index in [-0.39, 0.29) is 0 Å². The molecular weight excluding hydrogens is 264 g/mol. The number of allylic oxidation sites excluding steroid dienone is 4. The Morgan fingerprint density at radius 1 is 0.591 bits per heavy atom. The number of hydrogen-bond donors (Lipinski definition) is 0. The van der Waals surface area contributed by atoms with Crippen LogP contribution < -0.4 is 0 Å². The molecule has 0 N–H and O–H groups in total. The predicted octanol–water partition coefficient (Wildman–Crippen LogP) is 8.24. The minimum Gasteiger partial charge on any atom is -0.0882 e. The summed E-state index contributed by atoms with van der Waals surface area (Å²) in [6.45, 7) is 9.30. The molecule has 0 aromatic heterocycles. The van der Waals surface area contributed by atoms with Gasteiger partial charge in [-0.05, 0) is 43.9 Å². The maximum Gasteiger partial charge on any atom is -0.0169 e. The molecule has 0 nitrogen and oxygen atoms in total. The molecule has 0 amide bonds. The van der Waals surface area contributed by atoms with E-state index in [0.29, 0.717) is 5.41 Å². The van der Waals surface area contributed by atoms with Gasteiger partial charge >= 0.3 is 0 Å². The first-order valence-corrected chi connectivity index (χ1v) is 9.86. The smallest absolute Gasteiger partial charge is 0.0169 e. The summed E-state index contributed by atoms with van der Waals surface area (Å²) in [5, 5.41) is 0. The van der Waals surface area contributed by atoms with Gasteiger partial charge in [0.1, 0.15) is 0 Å². The maximum absolute atomic E-state index is 2.37. The van der Waals surface area contributed by atoms with Crippen LogP contribution in [0.1, 0.15) is 111 Å². The van der Waals surface area contributed by atoms with E-state index in [0.717, 1.165) is 6.42 Å². The van der Waals surface area contributed by atoms with E-state index in [4.69, 9.17) is 0 Å². The average molecular weight is 307 g/mol. The molecule has 0 heteroatoms. The molecule has 0 saturated heterocycles.